The molecule has 1 unspecified atom stereocenters. The van der Waals surface area contributed by atoms with E-state index in [1.54, 1.807) is 20.0 Å². The van der Waals surface area contributed by atoms with Crippen LogP contribution in [0.5, 0.6) is 0 Å². The number of nitriles is 1. The summed E-state index contributed by atoms with van der Waals surface area (Å²) in [6.07, 6.45) is 1.25. The first kappa shape index (κ1) is 12.9. The highest BCUT2D eigenvalue weighted by Crippen LogP contribution is 2.21. The summed E-state index contributed by atoms with van der Waals surface area (Å²) in [6.45, 7) is 4.03. The number of nitrogens with zero attached hydrogens (tertiary/aromatic N) is 4. The molecule has 0 N–H and O–H groups in total. The summed E-state index contributed by atoms with van der Waals surface area (Å²) in [5, 5.41) is 19.4. The van der Waals surface area contributed by atoms with Gasteiger partial charge < -0.3 is 4.90 Å². The summed E-state index contributed by atoms with van der Waals surface area (Å²) in [5.74, 6) is 0.521. The van der Waals surface area contributed by atoms with E-state index in [1.165, 1.54) is 6.20 Å². The molecule has 6 nitrogen and oxygen atoms in total. The Morgan fingerprint density at radius 2 is 2.35 bits per heavy atom. The topological polar surface area (TPSA) is 83.1 Å². The van der Waals surface area contributed by atoms with Crippen LogP contribution in [-0.2, 0) is 0 Å². The maximum Gasteiger partial charge on any atom is 0.290 e. The van der Waals surface area contributed by atoms with E-state index in [2.05, 4.69) is 11.1 Å². The third kappa shape index (κ3) is 3.14. The van der Waals surface area contributed by atoms with Crippen LogP contribution in [-0.4, -0.2) is 23.5 Å². The normalized spacial score (nSPS) is 11.6. The molecule has 0 aliphatic rings. The Hall–Kier alpha value is -2.16. The molecule has 1 aromatic rings. The van der Waals surface area contributed by atoms with Crippen molar-refractivity contribution in [3.05, 3.63) is 27.9 Å². The summed E-state index contributed by atoms with van der Waals surface area (Å²) in [4.78, 5) is 16.0. The lowest BCUT2D eigenvalue weighted by molar-refractivity contribution is -0.385. The molecular weight excluding hydrogens is 220 g/mol. The van der Waals surface area contributed by atoms with Crippen LogP contribution in [0.25, 0.3) is 0 Å². The first-order valence-electron chi connectivity index (χ1n) is 5.17. The predicted molar refractivity (Wildman–Crippen MR) is 63.7 cm³/mol. The van der Waals surface area contributed by atoms with Crippen LogP contribution in [0, 0.1) is 34.3 Å². The predicted octanol–water partition coefficient (Wildman–Crippen LogP) is 1.89. The molecule has 0 aliphatic heterocycles. The van der Waals surface area contributed by atoms with Crippen molar-refractivity contribution in [2.75, 3.05) is 18.5 Å². The molecule has 0 aliphatic carbocycles. The van der Waals surface area contributed by atoms with Gasteiger partial charge in [-0.3, -0.25) is 10.1 Å². The minimum Gasteiger partial charge on any atom is -0.358 e. The molecule has 0 saturated carbocycles. The van der Waals surface area contributed by atoms with Crippen molar-refractivity contribution < 1.29 is 4.92 Å². The number of hydrogen-bond acceptors (Lipinski definition) is 5. The minimum atomic E-state index is -0.454. The fourth-order valence-electron chi connectivity index (χ4n) is 1.48. The highest BCUT2D eigenvalue weighted by molar-refractivity contribution is 5.48. The van der Waals surface area contributed by atoms with Crippen LogP contribution in [0.15, 0.2) is 12.3 Å². The van der Waals surface area contributed by atoms with Gasteiger partial charge in [0.25, 0.3) is 5.69 Å². The Bertz CT molecular complexity index is 467. The molecule has 1 heterocycles. The molecule has 0 radical (unpaired) electrons. The van der Waals surface area contributed by atoms with E-state index in [0.717, 1.165) is 0 Å². The van der Waals surface area contributed by atoms with Crippen LogP contribution < -0.4 is 4.90 Å². The average molecular weight is 234 g/mol. The molecule has 6 heteroatoms. The van der Waals surface area contributed by atoms with Gasteiger partial charge in [0, 0.05) is 19.2 Å². The van der Waals surface area contributed by atoms with Crippen molar-refractivity contribution in [2.24, 2.45) is 5.92 Å². The summed E-state index contributed by atoms with van der Waals surface area (Å²) < 4.78 is 0. The smallest absolute Gasteiger partial charge is 0.290 e. The Morgan fingerprint density at radius 3 is 2.82 bits per heavy atom. The summed E-state index contributed by atoms with van der Waals surface area (Å²) >= 11 is 0. The van der Waals surface area contributed by atoms with Gasteiger partial charge in [0.1, 0.15) is 12.0 Å². The van der Waals surface area contributed by atoms with Gasteiger partial charge in [-0.25, -0.2) is 4.98 Å². The highest BCUT2D eigenvalue weighted by atomic mass is 16.6. The molecule has 1 rings (SSSR count). The maximum absolute atomic E-state index is 10.6. The molecular formula is C11H14N4O2. The number of anilines is 1. The highest BCUT2D eigenvalue weighted by Gasteiger charge is 2.14. The number of aromatic nitrogens is 1. The van der Waals surface area contributed by atoms with E-state index in [0.29, 0.717) is 17.9 Å². The fourth-order valence-corrected chi connectivity index (χ4v) is 1.48. The lowest BCUT2D eigenvalue weighted by Crippen LogP contribution is -2.24. The zero-order valence-corrected chi connectivity index (χ0v) is 10.0. The van der Waals surface area contributed by atoms with Crippen molar-refractivity contribution in [3.63, 3.8) is 0 Å². The first-order valence-corrected chi connectivity index (χ1v) is 5.17. The summed E-state index contributed by atoms with van der Waals surface area (Å²) in [7, 11) is 1.81. The lowest BCUT2D eigenvalue weighted by atomic mass is 10.2. The lowest BCUT2D eigenvalue weighted by Gasteiger charge is -2.19. The molecule has 17 heavy (non-hydrogen) atoms. The fraction of sp³-hybridized carbons (Fsp3) is 0.455. The average Bonchev–Trinajstić information content (AvgIpc) is 2.28. The molecule has 1 aromatic heterocycles. The Labute approximate surface area is 99.6 Å². The molecule has 0 aromatic carbocycles. The van der Waals surface area contributed by atoms with Gasteiger partial charge in [0.2, 0.25) is 0 Å². The van der Waals surface area contributed by atoms with Crippen molar-refractivity contribution in [3.8, 4) is 6.07 Å². The summed E-state index contributed by atoms with van der Waals surface area (Å²) in [5.41, 5.74) is 0.576. The number of pyridine rings is 1. The van der Waals surface area contributed by atoms with Crippen LogP contribution in [0.3, 0.4) is 0 Å². The third-order valence-corrected chi connectivity index (χ3v) is 2.42. The largest absolute Gasteiger partial charge is 0.358 e. The second-order valence-electron chi connectivity index (χ2n) is 4.00. The van der Waals surface area contributed by atoms with E-state index in [-0.39, 0.29) is 11.6 Å². The number of rotatable bonds is 4. The Morgan fingerprint density at radius 1 is 1.71 bits per heavy atom. The van der Waals surface area contributed by atoms with Crippen LogP contribution in [0.4, 0.5) is 11.5 Å². The number of aryl methyl sites for hydroxylation is 1. The van der Waals surface area contributed by atoms with Crippen LogP contribution in [0.1, 0.15) is 12.5 Å². The number of nitro groups is 1. The van der Waals surface area contributed by atoms with Crippen molar-refractivity contribution in [1.29, 1.82) is 5.26 Å². The molecule has 0 amide bonds. The second-order valence-corrected chi connectivity index (χ2v) is 4.00. The molecule has 1 atom stereocenters. The van der Waals surface area contributed by atoms with E-state index < -0.39 is 4.92 Å². The third-order valence-electron chi connectivity index (χ3n) is 2.42. The van der Waals surface area contributed by atoms with Crippen LogP contribution >= 0.6 is 0 Å². The Balaban J connectivity index is 2.90. The Kier molecular flexibility index (Phi) is 3.99. The van der Waals surface area contributed by atoms with Crippen LogP contribution in [0.2, 0.25) is 0 Å². The maximum atomic E-state index is 10.6. The van der Waals surface area contributed by atoms with Gasteiger partial charge in [-0.2, -0.15) is 5.26 Å². The van der Waals surface area contributed by atoms with Gasteiger partial charge in [-0.05, 0) is 19.9 Å². The van der Waals surface area contributed by atoms with Gasteiger partial charge in [0.05, 0.1) is 16.9 Å². The standard InChI is InChI=1S/C11H14N4O2/c1-8(5-12)7-14(3)11-4-9(2)10(6-13-11)15(16)17/h4,6,8H,7H2,1-3H3. The molecule has 0 bridgehead atoms. The van der Waals surface area contributed by atoms with E-state index in [1.807, 2.05) is 11.8 Å². The van der Waals surface area contributed by atoms with Crippen molar-refractivity contribution in [2.45, 2.75) is 13.8 Å². The monoisotopic (exact) mass is 234 g/mol. The van der Waals surface area contributed by atoms with Gasteiger partial charge in [-0.15, -0.1) is 0 Å². The molecule has 90 valence electrons. The summed E-state index contributed by atoms with van der Waals surface area (Å²) in [6, 6.07) is 3.79. The molecule has 0 saturated heterocycles. The SMILES string of the molecule is Cc1cc(N(C)CC(C)C#N)ncc1[N+](=O)[O-]. The quantitative estimate of drug-likeness (QED) is 0.586. The van der Waals surface area contributed by atoms with Gasteiger partial charge >= 0.3 is 0 Å². The zero-order valence-electron chi connectivity index (χ0n) is 10.0. The molecule has 0 fully saturated rings. The first-order chi connectivity index (χ1) is 7.95. The second kappa shape index (κ2) is 5.25. The van der Waals surface area contributed by atoms with E-state index in [9.17, 15) is 10.1 Å². The van der Waals surface area contributed by atoms with E-state index in [4.69, 9.17) is 5.26 Å². The molecule has 0 spiro atoms. The van der Waals surface area contributed by atoms with Gasteiger partial charge in [-0.1, -0.05) is 0 Å². The number of hydrogen-bond donors (Lipinski definition) is 0. The minimum absolute atomic E-state index is 0.00971. The van der Waals surface area contributed by atoms with Gasteiger partial charge in [0.15, 0.2) is 0 Å². The zero-order chi connectivity index (χ0) is 13.0. The van der Waals surface area contributed by atoms with Crippen molar-refractivity contribution in [1.82, 2.24) is 4.98 Å². The van der Waals surface area contributed by atoms with Crippen molar-refractivity contribution >= 4 is 11.5 Å². The van der Waals surface area contributed by atoms with E-state index >= 15 is 0 Å².